The molecule has 1 aromatic heterocycles. The molecule has 1 aliphatic heterocycles. The molecule has 0 unspecified atom stereocenters. The maximum absolute atomic E-state index is 5.77. The molecule has 0 bridgehead atoms. The first-order valence-corrected chi connectivity index (χ1v) is 10.4. The van der Waals surface area contributed by atoms with Gasteiger partial charge in [-0.2, -0.15) is 0 Å². The summed E-state index contributed by atoms with van der Waals surface area (Å²) >= 11 is 0. The Hall–Kier alpha value is -1.34. The number of nitrogens with zero attached hydrogens (tertiary/aromatic N) is 3. The second-order valence-corrected chi connectivity index (χ2v) is 11.6. The van der Waals surface area contributed by atoms with Crippen molar-refractivity contribution in [1.82, 2.24) is 9.97 Å². The van der Waals surface area contributed by atoms with E-state index in [1.807, 2.05) is 0 Å². The minimum absolute atomic E-state index is 0.438. The minimum Gasteiger partial charge on any atom is -0.382 e. The van der Waals surface area contributed by atoms with E-state index in [0.29, 0.717) is 12.5 Å². The predicted octanol–water partition coefficient (Wildman–Crippen LogP) is 1.60. The van der Waals surface area contributed by atoms with Crippen LogP contribution in [0.3, 0.4) is 0 Å². The van der Waals surface area contributed by atoms with Gasteiger partial charge in [0.05, 0.1) is 6.20 Å². The number of nitrogens with one attached hydrogen (secondary N) is 1. The third-order valence-corrected chi connectivity index (χ3v) is 4.69. The molecule has 1 aliphatic rings. The molecule has 3 N–H and O–H groups in total. The Balaban J connectivity index is 1.89. The molecule has 2 heterocycles. The van der Waals surface area contributed by atoms with Crippen molar-refractivity contribution in [3.8, 4) is 0 Å². The molecule has 6 nitrogen and oxygen atoms in total. The Morgan fingerprint density at radius 2 is 2.26 bits per heavy atom. The van der Waals surface area contributed by atoms with E-state index in [1.165, 1.54) is 6.04 Å². The zero-order chi connectivity index (χ0) is 13.9. The first-order valence-electron chi connectivity index (χ1n) is 6.65. The van der Waals surface area contributed by atoms with Gasteiger partial charge in [0.1, 0.15) is 12.5 Å². The van der Waals surface area contributed by atoms with Crippen molar-refractivity contribution in [3.63, 3.8) is 0 Å². The molecule has 0 fully saturated rings. The summed E-state index contributed by atoms with van der Waals surface area (Å²) in [7, 11) is -1.02. The topological polar surface area (TPSA) is 76.3 Å². The van der Waals surface area contributed by atoms with Crippen LogP contribution in [0.15, 0.2) is 6.20 Å². The molecule has 2 rings (SSSR count). The number of hydrogen-bond donors (Lipinski definition) is 2. The molecule has 7 heteroatoms. The van der Waals surface area contributed by atoms with Gasteiger partial charge < -0.3 is 20.7 Å². The fourth-order valence-corrected chi connectivity index (χ4v) is 2.60. The lowest BCUT2D eigenvalue weighted by atomic mass is 10.4. The normalized spacial score (nSPS) is 15.0. The maximum atomic E-state index is 5.77. The summed E-state index contributed by atoms with van der Waals surface area (Å²) in [6, 6.07) is 1.18. The van der Waals surface area contributed by atoms with Crippen molar-refractivity contribution in [3.05, 3.63) is 6.20 Å². The van der Waals surface area contributed by atoms with Crippen LogP contribution in [0.4, 0.5) is 17.5 Å². The Kier molecular flexibility index (Phi) is 4.26. The lowest BCUT2D eigenvalue weighted by Gasteiger charge is -2.30. The second-order valence-electron chi connectivity index (χ2n) is 6.01. The summed E-state index contributed by atoms with van der Waals surface area (Å²) in [4.78, 5) is 10.7. The van der Waals surface area contributed by atoms with Gasteiger partial charge in [-0.05, 0) is 6.04 Å². The van der Waals surface area contributed by atoms with Gasteiger partial charge >= 0.3 is 0 Å². The predicted molar refractivity (Wildman–Crippen MR) is 81.3 cm³/mol. The molecule has 0 atom stereocenters. The number of nitrogens with two attached hydrogens (primary N) is 1. The molecule has 1 aromatic rings. The first-order chi connectivity index (χ1) is 8.96. The van der Waals surface area contributed by atoms with Crippen LogP contribution in [0.1, 0.15) is 0 Å². The highest BCUT2D eigenvalue weighted by molar-refractivity contribution is 6.76. The Bertz CT molecular complexity index is 435. The van der Waals surface area contributed by atoms with Gasteiger partial charge in [0.25, 0.3) is 0 Å². The van der Waals surface area contributed by atoms with Gasteiger partial charge in [0.2, 0.25) is 0 Å². The van der Waals surface area contributed by atoms with Crippen LogP contribution in [0.2, 0.25) is 25.7 Å². The molecular weight excluding hydrogens is 258 g/mol. The second kappa shape index (κ2) is 5.75. The van der Waals surface area contributed by atoms with E-state index in [1.54, 1.807) is 6.20 Å². The number of aromatic nitrogens is 2. The molecule has 0 saturated heterocycles. The summed E-state index contributed by atoms with van der Waals surface area (Å²) in [6.45, 7) is 10.1. The first kappa shape index (κ1) is 14.1. The average Bonchev–Trinajstić information content (AvgIpc) is 2.33. The van der Waals surface area contributed by atoms with Crippen molar-refractivity contribution < 1.29 is 4.74 Å². The van der Waals surface area contributed by atoms with E-state index in [4.69, 9.17) is 10.5 Å². The van der Waals surface area contributed by atoms with Crippen LogP contribution in [-0.2, 0) is 4.74 Å². The summed E-state index contributed by atoms with van der Waals surface area (Å²) in [6.07, 6.45) is 1.58. The van der Waals surface area contributed by atoms with Gasteiger partial charge in [0, 0.05) is 27.8 Å². The molecule has 0 aromatic carbocycles. The Morgan fingerprint density at radius 3 is 3.00 bits per heavy atom. The highest BCUT2D eigenvalue weighted by Gasteiger charge is 2.19. The monoisotopic (exact) mass is 281 g/mol. The fraction of sp³-hybridized carbons (Fsp3) is 0.667. The zero-order valence-electron chi connectivity index (χ0n) is 11.9. The molecule has 19 heavy (non-hydrogen) atoms. The van der Waals surface area contributed by atoms with Crippen molar-refractivity contribution >= 4 is 25.5 Å². The maximum Gasteiger partial charge on any atom is 0.173 e. The standard InChI is InChI=1S/C12H23N5OSi/c1-19(2,3)7-6-18-9-17-5-4-14-11-12(17)15-8-10(13)16-11/h8H,4-7,9H2,1-3H3,(H3,13,14,16). The van der Waals surface area contributed by atoms with Crippen LogP contribution < -0.4 is 16.0 Å². The van der Waals surface area contributed by atoms with Crippen molar-refractivity contribution in [1.29, 1.82) is 0 Å². The van der Waals surface area contributed by atoms with E-state index in [9.17, 15) is 0 Å². The fourth-order valence-electron chi connectivity index (χ4n) is 1.84. The third kappa shape index (κ3) is 4.07. The quantitative estimate of drug-likeness (QED) is 0.631. The van der Waals surface area contributed by atoms with Crippen LogP contribution in [0.25, 0.3) is 0 Å². The highest BCUT2D eigenvalue weighted by atomic mass is 28.3. The van der Waals surface area contributed by atoms with E-state index in [-0.39, 0.29) is 0 Å². The summed E-state index contributed by atoms with van der Waals surface area (Å²) in [5.41, 5.74) is 5.64. The lowest BCUT2D eigenvalue weighted by Crippen LogP contribution is -2.37. The van der Waals surface area contributed by atoms with Crippen LogP contribution in [-0.4, -0.2) is 44.5 Å². The number of hydrogen-bond acceptors (Lipinski definition) is 6. The van der Waals surface area contributed by atoms with Gasteiger partial charge in [0.15, 0.2) is 11.6 Å². The minimum atomic E-state index is -1.02. The van der Waals surface area contributed by atoms with Crippen LogP contribution in [0, 0.1) is 0 Å². The largest absolute Gasteiger partial charge is 0.382 e. The third-order valence-electron chi connectivity index (χ3n) is 2.99. The van der Waals surface area contributed by atoms with Crippen molar-refractivity contribution in [2.45, 2.75) is 25.7 Å². The van der Waals surface area contributed by atoms with Gasteiger partial charge in [-0.3, -0.25) is 0 Å². The molecule has 106 valence electrons. The van der Waals surface area contributed by atoms with Gasteiger partial charge in [-0.15, -0.1) is 0 Å². The van der Waals surface area contributed by atoms with E-state index in [2.05, 4.69) is 39.8 Å². The van der Waals surface area contributed by atoms with Crippen molar-refractivity contribution in [2.24, 2.45) is 0 Å². The SMILES string of the molecule is C[Si](C)(C)CCOCN1CCNc2nc(N)cnc21. The molecule has 0 aliphatic carbocycles. The average molecular weight is 281 g/mol. The Labute approximate surface area is 115 Å². The van der Waals surface area contributed by atoms with Crippen LogP contribution in [0.5, 0.6) is 0 Å². The summed E-state index contributed by atoms with van der Waals surface area (Å²) < 4.78 is 5.77. The van der Waals surface area contributed by atoms with E-state index < -0.39 is 8.07 Å². The molecule has 0 amide bonds. The van der Waals surface area contributed by atoms with Gasteiger partial charge in [-0.25, -0.2) is 9.97 Å². The van der Waals surface area contributed by atoms with Gasteiger partial charge in [-0.1, -0.05) is 19.6 Å². The van der Waals surface area contributed by atoms with E-state index in [0.717, 1.165) is 31.3 Å². The lowest BCUT2D eigenvalue weighted by molar-refractivity contribution is 0.146. The number of fused-ring (bicyclic) bond motifs is 1. The summed E-state index contributed by atoms with van der Waals surface area (Å²) in [5, 5.41) is 3.20. The van der Waals surface area contributed by atoms with Crippen LogP contribution >= 0.6 is 0 Å². The number of rotatable bonds is 5. The number of ether oxygens (including phenoxy) is 1. The molecule has 0 spiro atoms. The van der Waals surface area contributed by atoms with Crippen molar-refractivity contribution in [2.75, 3.05) is 42.4 Å². The summed E-state index contributed by atoms with van der Waals surface area (Å²) in [5.74, 6) is 2.02. The number of nitrogen functional groups attached to an aromatic ring is 1. The highest BCUT2D eigenvalue weighted by Crippen LogP contribution is 2.24. The molecular formula is C12H23N5OSi. The molecule has 0 saturated carbocycles. The molecule has 0 radical (unpaired) electrons. The Morgan fingerprint density at radius 1 is 1.47 bits per heavy atom. The zero-order valence-corrected chi connectivity index (χ0v) is 12.9. The van der Waals surface area contributed by atoms with E-state index >= 15 is 0 Å². The number of anilines is 3. The smallest absolute Gasteiger partial charge is 0.173 e.